The van der Waals surface area contributed by atoms with Crippen molar-refractivity contribution >= 4 is 15.7 Å². The van der Waals surface area contributed by atoms with Gasteiger partial charge in [0, 0.05) is 25.3 Å². The van der Waals surface area contributed by atoms with Crippen molar-refractivity contribution < 1.29 is 13.2 Å². The molecule has 0 spiro atoms. The van der Waals surface area contributed by atoms with Crippen molar-refractivity contribution in [2.24, 2.45) is 5.92 Å². The number of methoxy groups -OCH3 is 1. The summed E-state index contributed by atoms with van der Waals surface area (Å²) in [5.74, 6) is 1.40. The number of piperidine rings is 1. The van der Waals surface area contributed by atoms with Crippen molar-refractivity contribution in [1.29, 1.82) is 0 Å². The van der Waals surface area contributed by atoms with Gasteiger partial charge in [-0.2, -0.15) is 0 Å². The Balaban J connectivity index is 1.64. The molecule has 0 amide bonds. The van der Waals surface area contributed by atoms with Gasteiger partial charge in [-0.25, -0.2) is 13.1 Å². The molecule has 146 valence electrons. The van der Waals surface area contributed by atoms with E-state index in [1.807, 2.05) is 19.1 Å². The molecular formula is C21H28N2O3S. The van der Waals surface area contributed by atoms with Gasteiger partial charge < -0.3 is 9.64 Å². The lowest BCUT2D eigenvalue weighted by molar-refractivity contribution is 0.411. The molecule has 1 fully saturated rings. The lowest BCUT2D eigenvalue weighted by Crippen LogP contribution is -2.34. The number of sulfonamides is 1. The zero-order chi connectivity index (χ0) is 19.4. The first-order valence-electron chi connectivity index (χ1n) is 9.37. The maximum Gasteiger partial charge on any atom is 0.240 e. The fraction of sp³-hybridized carbons (Fsp3) is 0.429. The SMILES string of the molecule is COc1ccc(S(=O)(=O)NCc2ccc(N3CCCC(C)C3)cc2)cc1C. The van der Waals surface area contributed by atoms with Gasteiger partial charge in [0.1, 0.15) is 5.75 Å². The van der Waals surface area contributed by atoms with Crippen LogP contribution in [0.5, 0.6) is 5.75 Å². The first-order valence-corrected chi connectivity index (χ1v) is 10.9. The van der Waals surface area contributed by atoms with E-state index in [0.717, 1.165) is 30.1 Å². The minimum absolute atomic E-state index is 0.250. The number of benzene rings is 2. The first kappa shape index (κ1) is 19.7. The topological polar surface area (TPSA) is 58.6 Å². The van der Waals surface area contributed by atoms with Gasteiger partial charge in [-0.3, -0.25) is 0 Å². The lowest BCUT2D eigenvalue weighted by Gasteiger charge is -2.32. The molecule has 1 N–H and O–H groups in total. The molecule has 2 aromatic rings. The van der Waals surface area contributed by atoms with Crippen LogP contribution in [-0.4, -0.2) is 28.6 Å². The molecule has 1 aliphatic rings. The number of anilines is 1. The Bertz CT molecular complexity index is 879. The summed E-state index contributed by atoms with van der Waals surface area (Å²) < 4.78 is 33.0. The van der Waals surface area contributed by atoms with E-state index in [2.05, 4.69) is 28.7 Å². The number of hydrogen-bond donors (Lipinski definition) is 1. The van der Waals surface area contributed by atoms with Crippen molar-refractivity contribution in [3.05, 3.63) is 53.6 Å². The van der Waals surface area contributed by atoms with Crippen molar-refractivity contribution in [2.45, 2.75) is 38.1 Å². The van der Waals surface area contributed by atoms with E-state index in [1.165, 1.54) is 18.5 Å². The summed E-state index contributed by atoms with van der Waals surface area (Å²) in [5.41, 5.74) is 2.94. The normalized spacial score (nSPS) is 17.7. The van der Waals surface area contributed by atoms with Crippen molar-refractivity contribution in [3.63, 3.8) is 0 Å². The molecule has 1 aliphatic heterocycles. The van der Waals surface area contributed by atoms with Crippen LogP contribution in [0.3, 0.4) is 0 Å². The number of nitrogens with one attached hydrogen (secondary N) is 1. The van der Waals surface area contributed by atoms with Crippen molar-refractivity contribution in [3.8, 4) is 5.75 Å². The van der Waals surface area contributed by atoms with Crippen LogP contribution in [0, 0.1) is 12.8 Å². The highest BCUT2D eigenvalue weighted by molar-refractivity contribution is 7.89. The zero-order valence-electron chi connectivity index (χ0n) is 16.2. The number of aryl methyl sites for hydroxylation is 1. The third kappa shape index (κ3) is 4.82. The van der Waals surface area contributed by atoms with Crippen LogP contribution in [0.1, 0.15) is 30.9 Å². The van der Waals surface area contributed by atoms with E-state index in [9.17, 15) is 8.42 Å². The summed E-state index contributed by atoms with van der Waals surface area (Å²) >= 11 is 0. The van der Waals surface area contributed by atoms with Gasteiger partial charge in [-0.05, 0) is 67.1 Å². The molecule has 1 atom stereocenters. The van der Waals surface area contributed by atoms with Gasteiger partial charge in [-0.1, -0.05) is 19.1 Å². The molecule has 5 nitrogen and oxygen atoms in total. The highest BCUT2D eigenvalue weighted by atomic mass is 32.2. The van der Waals surface area contributed by atoms with Gasteiger partial charge in [0.05, 0.1) is 12.0 Å². The predicted octanol–water partition coefficient (Wildman–Crippen LogP) is 3.72. The second kappa shape index (κ2) is 8.31. The van der Waals surface area contributed by atoms with Crippen LogP contribution in [0.4, 0.5) is 5.69 Å². The molecule has 3 rings (SSSR count). The second-order valence-corrected chi connectivity index (χ2v) is 9.08. The molecule has 0 bridgehead atoms. The summed E-state index contributed by atoms with van der Waals surface area (Å²) in [6.45, 7) is 6.56. The van der Waals surface area contributed by atoms with Gasteiger partial charge in [0.2, 0.25) is 10.0 Å². The predicted molar refractivity (Wildman–Crippen MR) is 109 cm³/mol. The average Bonchev–Trinajstić information content (AvgIpc) is 2.67. The van der Waals surface area contributed by atoms with Crippen LogP contribution < -0.4 is 14.4 Å². The smallest absolute Gasteiger partial charge is 0.240 e. The van der Waals surface area contributed by atoms with Crippen molar-refractivity contribution in [1.82, 2.24) is 4.72 Å². The van der Waals surface area contributed by atoms with E-state index >= 15 is 0 Å². The molecule has 2 aromatic carbocycles. The van der Waals surface area contributed by atoms with Crippen LogP contribution in [-0.2, 0) is 16.6 Å². The van der Waals surface area contributed by atoms with E-state index in [4.69, 9.17) is 4.74 Å². The Labute approximate surface area is 162 Å². The molecule has 0 aliphatic carbocycles. The Hall–Kier alpha value is -2.05. The molecule has 0 aromatic heterocycles. The molecule has 6 heteroatoms. The Morgan fingerprint density at radius 1 is 1.19 bits per heavy atom. The van der Waals surface area contributed by atoms with Crippen LogP contribution >= 0.6 is 0 Å². The van der Waals surface area contributed by atoms with Crippen LogP contribution in [0.15, 0.2) is 47.4 Å². The minimum Gasteiger partial charge on any atom is -0.496 e. The van der Waals surface area contributed by atoms with Crippen LogP contribution in [0.25, 0.3) is 0 Å². The zero-order valence-corrected chi connectivity index (χ0v) is 17.1. The average molecular weight is 389 g/mol. The quantitative estimate of drug-likeness (QED) is 0.819. The van der Waals surface area contributed by atoms with E-state index in [-0.39, 0.29) is 11.4 Å². The largest absolute Gasteiger partial charge is 0.496 e. The maximum absolute atomic E-state index is 12.5. The van der Waals surface area contributed by atoms with Crippen molar-refractivity contribution in [2.75, 3.05) is 25.1 Å². The van der Waals surface area contributed by atoms with E-state index in [1.54, 1.807) is 25.3 Å². The summed E-state index contributed by atoms with van der Waals surface area (Å²) in [6.07, 6.45) is 2.52. The number of rotatable bonds is 6. The third-order valence-electron chi connectivity index (χ3n) is 5.10. The first-order chi connectivity index (χ1) is 12.9. The fourth-order valence-corrected chi connectivity index (χ4v) is 4.63. The summed E-state index contributed by atoms with van der Waals surface area (Å²) in [7, 11) is -1.99. The lowest BCUT2D eigenvalue weighted by atomic mass is 9.99. The van der Waals surface area contributed by atoms with Gasteiger partial charge in [0.25, 0.3) is 0 Å². The Kier molecular flexibility index (Phi) is 6.07. The minimum atomic E-state index is -3.56. The molecule has 1 unspecified atom stereocenters. The molecule has 27 heavy (non-hydrogen) atoms. The molecule has 0 saturated carbocycles. The molecular weight excluding hydrogens is 360 g/mol. The number of nitrogens with zero attached hydrogens (tertiary/aromatic N) is 1. The second-order valence-electron chi connectivity index (χ2n) is 7.32. The molecule has 1 saturated heterocycles. The number of ether oxygens (including phenoxy) is 1. The van der Waals surface area contributed by atoms with Gasteiger partial charge in [-0.15, -0.1) is 0 Å². The van der Waals surface area contributed by atoms with Gasteiger partial charge >= 0.3 is 0 Å². The Morgan fingerprint density at radius 3 is 2.56 bits per heavy atom. The molecule has 1 heterocycles. The van der Waals surface area contributed by atoms with E-state index in [0.29, 0.717) is 5.75 Å². The summed E-state index contributed by atoms with van der Waals surface area (Å²) in [6, 6.07) is 13.0. The monoisotopic (exact) mass is 388 g/mol. The van der Waals surface area contributed by atoms with E-state index < -0.39 is 10.0 Å². The third-order valence-corrected chi connectivity index (χ3v) is 6.50. The summed E-state index contributed by atoms with van der Waals surface area (Å²) in [5, 5.41) is 0. The fourth-order valence-electron chi connectivity index (χ4n) is 3.53. The summed E-state index contributed by atoms with van der Waals surface area (Å²) in [4.78, 5) is 2.65. The highest BCUT2D eigenvalue weighted by Gasteiger charge is 2.17. The van der Waals surface area contributed by atoms with Crippen LogP contribution in [0.2, 0.25) is 0 Å². The maximum atomic E-state index is 12.5. The molecule has 0 radical (unpaired) electrons. The number of hydrogen-bond acceptors (Lipinski definition) is 4. The van der Waals surface area contributed by atoms with Gasteiger partial charge in [0.15, 0.2) is 0 Å². The Morgan fingerprint density at radius 2 is 1.93 bits per heavy atom. The standard InChI is InChI=1S/C21H28N2O3S/c1-16-5-4-12-23(15-16)19-8-6-18(7-9-19)14-22-27(24,25)20-10-11-21(26-3)17(2)13-20/h6-11,13,16,22H,4-5,12,14-15H2,1-3H3. The highest BCUT2D eigenvalue weighted by Crippen LogP contribution is 2.24.